The fourth-order valence-corrected chi connectivity index (χ4v) is 0.910. The van der Waals surface area contributed by atoms with Gasteiger partial charge in [-0.3, -0.25) is 0 Å². The Balaban J connectivity index is 3.92. The second-order valence-electron chi connectivity index (χ2n) is 3.11. The number of carbonyl (C=O) groups excluding carboxylic acids is 1. The van der Waals surface area contributed by atoms with Gasteiger partial charge in [0.05, 0.1) is 12.1 Å². The van der Waals surface area contributed by atoms with Crippen LogP contribution < -0.4 is 5.73 Å². The second kappa shape index (κ2) is 3.68. The maximum absolute atomic E-state index is 10.3. The van der Waals surface area contributed by atoms with Gasteiger partial charge in [-0.2, -0.15) is 0 Å². The quantitative estimate of drug-likeness (QED) is 0.544. The van der Waals surface area contributed by atoms with Gasteiger partial charge in [-0.15, -0.1) is 0 Å². The highest BCUT2D eigenvalue weighted by Gasteiger charge is 2.23. The molecule has 0 aliphatic rings. The van der Waals surface area contributed by atoms with Crippen molar-refractivity contribution >= 4 is 6.29 Å². The van der Waals surface area contributed by atoms with Crippen LogP contribution in [-0.2, 0) is 4.79 Å². The molecule has 0 saturated heterocycles. The molecule has 10 heavy (non-hydrogen) atoms. The third kappa shape index (κ3) is 2.94. The molecule has 0 saturated carbocycles. The third-order valence-corrected chi connectivity index (χ3v) is 1.32. The number of carbonyl (C=O) groups is 1. The van der Waals surface area contributed by atoms with Crippen molar-refractivity contribution in [1.29, 1.82) is 0 Å². The van der Waals surface area contributed by atoms with E-state index >= 15 is 0 Å². The summed E-state index contributed by atoms with van der Waals surface area (Å²) in [5.41, 5.74) is 4.46. The number of aliphatic hydroxyl groups excluding tert-OH is 1. The van der Waals surface area contributed by atoms with E-state index in [2.05, 4.69) is 0 Å². The molecular weight excluding hydrogens is 130 g/mol. The lowest BCUT2D eigenvalue weighted by Crippen LogP contribution is -2.46. The van der Waals surface area contributed by atoms with E-state index in [1.54, 1.807) is 0 Å². The summed E-state index contributed by atoms with van der Waals surface area (Å²) in [5.74, 6) is 0.336. The highest BCUT2D eigenvalue weighted by molar-refractivity contribution is 5.63. The smallest absolute Gasteiger partial charge is 0.142 e. The van der Waals surface area contributed by atoms with E-state index in [9.17, 15) is 4.79 Å². The largest absolute Gasteiger partial charge is 0.394 e. The summed E-state index contributed by atoms with van der Waals surface area (Å²) in [6, 6.07) is 0. The predicted molar refractivity (Wildman–Crippen MR) is 39.5 cm³/mol. The summed E-state index contributed by atoms with van der Waals surface area (Å²) in [6.07, 6.45) is 1.15. The fraction of sp³-hybridized carbons (Fsp3) is 0.857. The lowest BCUT2D eigenvalue weighted by Gasteiger charge is -2.21. The summed E-state index contributed by atoms with van der Waals surface area (Å²) in [5, 5.41) is 8.68. The first-order valence-electron chi connectivity index (χ1n) is 3.40. The van der Waals surface area contributed by atoms with Crippen LogP contribution in [0.2, 0.25) is 0 Å². The van der Waals surface area contributed by atoms with Crippen molar-refractivity contribution < 1.29 is 9.90 Å². The van der Waals surface area contributed by atoms with Crippen LogP contribution in [0.1, 0.15) is 20.3 Å². The Morgan fingerprint density at radius 2 is 2.20 bits per heavy atom. The maximum atomic E-state index is 10.3. The number of hydrogen-bond acceptors (Lipinski definition) is 3. The van der Waals surface area contributed by atoms with Crippen molar-refractivity contribution in [2.75, 3.05) is 6.61 Å². The zero-order chi connectivity index (χ0) is 8.20. The molecule has 60 valence electrons. The van der Waals surface area contributed by atoms with Crippen LogP contribution in [0.5, 0.6) is 0 Å². The molecule has 0 aromatic carbocycles. The van der Waals surface area contributed by atoms with E-state index in [-0.39, 0.29) is 6.61 Å². The van der Waals surface area contributed by atoms with Gasteiger partial charge in [-0.1, -0.05) is 13.8 Å². The molecule has 0 radical (unpaired) electrons. The van der Waals surface area contributed by atoms with Gasteiger partial charge in [0.2, 0.25) is 0 Å². The predicted octanol–water partition coefficient (Wildman–Crippen LogP) is -0.0788. The standard InChI is InChI=1S/C7H15NO2/c1-6(2)3-7(8,4-9)5-10/h4,6,10H,3,5,8H2,1-2H3/t7-/m1/s1. The van der Waals surface area contributed by atoms with Crippen LogP contribution in [0.15, 0.2) is 0 Å². The average molecular weight is 145 g/mol. The Hall–Kier alpha value is -0.410. The number of rotatable bonds is 4. The van der Waals surface area contributed by atoms with E-state index in [4.69, 9.17) is 10.8 Å². The van der Waals surface area contributed by atoms with E-state index in [0.717, 1.165) is 0 Å². The lowest BCUT2D eigenvalue weighted by molar-refractivity contribution is -0.114. The molecule has 0 spiro atoms. The summed E-state index contributed by atoms with van der Waals surface area (Å²) in [4.78, 5) is 10.3. The normalized spacial score (nSPS) is 16.9. The van der Waals surface area contributed by atoms with Gasteiger partial charge >= 0.3 is 0 Å². The zero-order valence-corrected chi connectivity index (χ0v) is 6.50. The molecule has 0 unspecified atom stereocenters. The molecule has 1 atom stereocenters. The Bertz CT molecular complexity index is 114. The number of nitrogens with two attached hydrogens (primary N) is 1. The molecule has 0 aliphatic heterocycles. The molecular formula is C7H15NO2. The van der Waals surface area contributed by atoms with Gasteiger partial charge in [0.1, 0.15) is 6.29 Å². The van der Waals surface area contributed by atoms with E-state index < -0.39 is 5.54 Å². The minimum Gasteiger partial charge on any atom is -0.394 e. The van der Waals surface area contributed by atoms with Crippen molar-refractivity contribution in [1.82, 2.24) is 0 Å². The maximum Gasteiger partial charge on any atom is 0.142 e. The molecule has 0 amide bonds. The Morgan fingerprint density at radius 3 is 2.30 bits per heavy atom. The van der Waals surface area contributed by atoms with Crippen molar-refractivity contribution in [2.24, 2.45) is 11.7 Å². The van der Waals surface area contributed by atoms with Gasteiger partial charge in [-0.05, 0) is 12.3 Å². The van der Waals surface area contributed by atoms with Gasteiger partial charge in [0.25, 0.3) is 0 Å². The Morgan fingerprint density at radius 1 is 1.70 bits per heavy atom. The van der Waals surface area contributed by atoms with Gasteiger partial charge in [-0.25, -0.2) is 0 Å². The minimum atomic E-state index is -1.02. The van der Waals surface area contributed by atoms with E-state index in [1.807, 2.05) is 13.8 Å². The molecule has 0 aromatic rings. The van der Waals surface area contributed by atoms with Crippen LogP contribution >= 0.6 is 0 Å². The topological polar surface area (TPSA) is 63.3 Å². The van der Waals surface area contributed by atoms with Crippen molar-refractivity contribution in [2.45, 2.75) is 25.8 Å². The Kier molecular flexibility index (Phi) is 3.53. The number of aliphatic hydroxyl groups is 1. The summed E-state index contributed by atoms with van der Waals surface area (Å²) in [6.45, 7) is 3.65. The summed E-state index contributed by atoms with van der Waals surface area (Å²) < 4.78 is 0. The minimum absolute atomic E-state index is 0.269. The summed E-state index contributed by atoms with van der Waals surface area (Å²) in [7, 11) is 0. The highest BCUT2D eigenvalue weighted by atomic mass is 16.3. The number of aldehydes is 1. The van der Waals surface area contributed by atoms with Crippen LogP contribution in [0.4, 0.5) is 0 Å². The molecule has 0 aliphatic carbocycles. The third-order valence-electron chi connectivity index (χ3n) is 1.32. The van der Waals surface area contributed by atoms with Crippen molar-refractivity contribution in [3.8, 4) is 0 Å². The van der Waals surface area contributed by atoms with Crippen molar-refractivity contribution in [3.63, 3.8) is 0 Å². The van der Waals surface area contributed by atoms with Gasteiger partial charge in [0.15, 0.2) is 0 Å². The highest BCUT2D eigenvalue weighted by Crippen LogP contribution is 2.10. The summed E-state index contributed by atoms with van der Waals surface area (Å²) >= 11 is 0. The first-order valence-corrected chi connectivity index (χ1v) is 3.40. The first-order chi connectivity index (χ1) is 4.54. The molecule has 0 aromatic heterocycles. The molecule has 3 nitrogen and oxygen atoms in total. The van der Waals surface area contributed by atoms with Crippen LogP contribution in [-0.4, -0.2) is 23.5 Å². The van der Waals surface area contributed by atoms with Crippen molar-refractivity contribution in [3.05, 3.63) is 0 Å². The van der Waals surface area contributed by atoms with E-state index in [0.29, 0.717) is 18.6 Å². The van der Waals surface area contributed by atoms with Gasteiger partial charge < -0.3 is 15.6 Å². The SMILES string of the molecule is CC(C)C[C@@](N)(C=O)CO. The van der Waals surface area contributed by atoms with Crippen LogP contribution in [0.25, 0.3) is 0 Å². The molecule has 0 rings (SSSR count). The molecule has 0 bridgehead atoms. The number of hydrogen-bond donors (Lipinski definition) is 2. The van der Waals surface area contributed by atoms with Crippen LogP contribution in [0, 0.1) is 5.92 Å². The Labute approximate surface area is 61.2 Å². The lowest BCUT2D eigenvalue weighted by atomic mass is 9.92. The zero-order valence-electron chi connectivity index (χ0n) is 6.50. The molecule has 0 heterocycles. The van der Waals surface area contributed by atoms with Crippen LogP contribution in [0.3, 0.4) is 0 Å². The molecule has 3 heteroatoms. The monoisotopic (exact) mass is 145 g/mol. The molecule has 3 N–H and O–H groups in total. The second-order valence-corrected chi connectivity index (χ2v) is 3.11. The first kappa shape index (κ1) is 9.59. The fourth-order valence-electron chi connectivity index (χ4n) is 0.910. The average Bonchev–Trinajstić information content (AvgIpc) is 1.87. The molecule has 0 fully saturated rings. The van der Waals surface area contributed by atoms with E-state index in [1.165, 1.54) is 0 Å². The van der Waals surface area contributed by atoms with Gasteiger partial charge in [0, 0.05) is 0 Å².